The van der Waals surface area contributed by atoms with E-state index in [9.17, 15) is 9.90 Å². The number of carbonyl (C=O) groups is 1. The highest BCUT2D eigenvalue weighted by molar-refractivity contribution is 6.31. The van der Waals surface area contributed by atoms with Crippen LogP contribution >= 0.6 is 11.6 Å². The number of aromatic nitrogens is 2. The minimum Gasteiger partial charge on any atom is -0.481 e. The topological polar surface area (TPSA) is 55.1 Å². The molecule has 1 aromatic heterocycles. The normalized spacial score (nSPS) is 14.8. The van der Waals surface area contributed by atoms with Crippen molar-refractivity contribution in [2.45, 2.75) is 40.5 Å². The highest BCUT2D eigenvalue weighted by Crippen LogP contribution is 2.34. The molecule has 0 saturated heterocycles. The third-order valence-corrected chi connectivity index (χ3v) is 4.24. The van der Waals surface area contributed by atoms with Crippen LogP contribution in [0, 0.1) is 11.3 Å². The lowest BCUT2D eigenvalue weighted by Crippen LogP contribution is -2.36. The van der Waals surface area contributed by atoms with Gasteiger partial charge in [-0.1, -0.05) is 32.4 Å². The molecule has 0 radical (unpaired) electrons. The van der Waals surface area contributed by atoms with Gasteiger partial charge in [0.15, 0.2) is 0 Å². The molecule has 18 heavy (non-hydrogen) atoms. The number of hydrogen-bond acceptors (Lipinski definition) is 2. The first-order valence-corrected chi connectivity index (χ1v) is 6.55. The summed E-state index contributed by atoms with van der Waals surface area (Å²) in [7, 11) is 1.81. The van der Waals surface area contributed by atoms with E-state index in [-0.39, 0.29) is 5.92 Å². The number of nitrogens with zero attached hydrogens (tertiary/aromatic N) is 2. The summed E-state index contributed by atoms with van der Waals surface area (Å²) in [6.07, 6.45) is 1.14. The third kappa shape index (κ3) is 2.53. The first kappa shape index (κ1) is 15.0. The van der Waals surface area contributed by atoms with Crippen LogP contribution in [-0.4, -0.2) is 20.9 Å². The van der Waals surface area contributed by atoms with Gasteiger partial charge in [0, 0.05) is 13.5 Å². The second kappa shape index (κ2) is 5.31. The fourth-order valence-corrected chi connectivity index (χ4v) is 2.25. The Morgan fingerprint density at radius 3 is 2.44 bits per heavy atom. The van der Waals surface area contributed by atoms with E-state index in [1.165, 1.54) is 0 Å². The van der Waals surface area contributed by atoms with Gasteiger partial charge in [-0.05, 0) is 19.3 Å². The van der Waals surface area contributed by atoms with Gasteiger partial charge in [-0.3, -0.25) is 9.48 Å². The van der Waals surface area contributed by atoms with Gasteiger partial charge >= 0.3 is 5.97 Å². The molecule has 1 heterocycles. The van der Waals surface area contributed by atoms with Crippen LogP contribution in [0.3, 0.4) is 0 Å². The molecule has 0 spiro atoms. The first-order chi connectivity index (χ1) is 8.24. The van der Waals surface area contributed by atoms with E-state index in [2.05, 4.69) is 5.10 Å². The van der Waals surface area contributed by atoms with Crippen LogP contribution in [0.1, 0.15) is 39.1 Å². The molecule has 1 aromatic rings. The van der Waals surface area contributed by atoms with Crippen molar-refractivity contribution in [2.24, 2.45) is 18.4 Å². The van der Waals surface area contributed by atoms with E-state index < -0.39 is 11.4 Å². The van der Waals surface area contributed by atoms with E-state index in [0.717, 1.165) is 17.8 Å². The van der Waals surface area contributed by atoms with Crippen molar-refractivity contribution >= 4 is 17.6 Å². The maximum atomic E-state index is 11.5. The van der Waals surface area contributed by atoms with Crippen LogP contribution in [0.15, 0.2) is 0 Å². The average Bonchev–Trinajstić information content (AvgIpc) is 2.55. The van der Waals surface area contributed by atoms with Crippen molar-refractivity contribution in [3.05, 3.63) is 16.4 Å². The smallest absolute Gasteiger partial charge is 0.310 e. The summed E-state index contributed by atoms with van der Waals surface area (Å²) >= 11 is 6.27. The van der Waals surface area contributed by atoms with Gasteiger partial charge in [0.2, 0.25) is 0 Å². The summed E-state index contributed by atoms with van der Waals surface area (Å²) in [5.41, 5.74) is 0.792. The number of carboxylic acids is 1. The van der Waals surface area contributed by atoms with Crippen molar-refractivity contribution in [1.82, 2.24) is 9.78 Å². The molecule has 4 nitrogen and oxygen atoms in total. The predicted octanol–water partition coefficient (Wildman–Crippen LogP) is 2.93. The Balaban J connectivity index is 3.17. The zero-order valence-corrected chi connectivity index (χ0v) is 12.4. The van der Waals surface area contributed by atoms with E-state index in [1.807, 2.05) is 27.8 Å². The molecule has 0 amide bonds. The molecule has 0 bridgehead atoms. The van der Waals surface area contributed by atoms with Gasteiger partial charge in [-0.2, -0.15) is 5.10 Å². The molecule has 0 aliphatic heterocycles. The van der Waals surface area contributed by atoms with Crippen LogP contribution in [-0.2, 0) is 24.7 Å². The first-order valence-electron chi connectivity index (χ1n) is 6.17. The number of halogens is 1. The lowest BCUT2D eigenvalue weighted by Gasteiger charge is -2.29. The maximum absolute atomic E-state index is 11.5. The number of aryl methyl sites for hydroxylation is 2. The average molecular weight is 273 g/mol. The Morgan fingerprint density at radius 1 is 1.56 bits per heavy atom. The molecule has 1 rings (SSSR count). The molecule has 0 aromatic carbocycles. The molecule has 0 fully saturated rings. The lowest BCUT2D eigenvalue weighted by atomic mass is 9.75. The maximum Gasteiger partial charge on any atom is 0.310 e. The van der Waals surface area contributed by atoms with Gasteiger partial charge in [-0.25, -0.2) is 0 Å². The van der Waals surface area contributed by atoms with Gasteiger partial charge < -0.3 is 5.11 Å². The van der Waals surface area contributed by atoms with Gasteiger partial charge in [0.1, 0.15) is 0 Å². The number of aliphatic carboxylic acids is 1. The number of hydrogen-bond donors (Lipinski definition) is 1. The Kier molecular flexibility index (Phi) is 4.43. The van der Waals surface area contributed by atoms with Crippen LogP contribution < -0.4 is 0 Å². The molecule has 1 N–H and O–H groups in total. The van der Waals surface area contributed by atoms with E-state index >= 15 is 0 Å². The highest BCUT2D eigenvalue weighted by Gasteiger charge is 2.38. The summed E-state index contributed by atoms with van der Waals surface area (Å²) in [6.45, 7) is 7.57. The van der Waals surface area contributed by atoms with E-state index in [0.29, 0.717) is 11.4 Å². The van der Waals surface area contributed by atoms with Crippen LogP contribution in [0.4, 0.5) is 0 Å². The standard InChI is InChI=1S/C13H21ClN2O2/c1-6-9-11(14)10(16(5)15-9)7-13(4,8(2)3)12(17)18/h8H,6-7H2,1-5H3,(H,17,18). The molecule has 0 aliphatic rings. The van der Waals surface area contributed by atoms with Crippen molar-refractivity contribution in [3.8, 4) is 0 Å². The minimum atomic E-state index is -0.831. The molecule has 102 valence electrons. The van der Waals surface area contributed by atoms with Gasteiger partial charge in [0.05, 0.1) is 21.8 Å². The Labute approximate surface area is 113 Å². The molecule has 1 unspecified atom stereocenters. The van der Waals surface area contributed by atoms with Gasteiger partial charge in [0.25, 0.3) is 0 Å². The second-order valence-electron chi connectivity index (χ2n) is 5.24. The van der Waals surface area contributed by atoms with Crippen LogP contribution in [0.25, 0.3) is 0 Å². The molecular weight excluding hydrogens is 252 g/mol. The van der Waals surface area contributed by atoms with Crippen molar-refractivity contribution in [3.63, 3.8) is 0 Å². The Morgan fingerprint density at radius 2 is 2.11 bits per heavy atom. The lowest BCUT2D eigenvalue weighted by molar-refractivity contribution is -0.150. The molecule has 1 atom stereocenters. The number of rotatable bonds is 5. The van der Waals surface area contributed by atoms with Crippen LogP contribution in [0.5, 0.6) is 0 Å². The summed E-state index contributed by atoms with van der Waals surface area (Å²) in [5, 5.41) is 14.4. The Hall–Kier alpha value is -1.03. The molecule has 0 saturated carbocycles. The SMILES string of the molecule is CCc1nn(C)c(CC(C)(C(=O)O)C(C)C)c1Cl. The van der Waals surface area contributed by atoms with Crippen molar-refractivity contribution in [1.29, 1.82) is 0 Å². The largest absolute Gasteiger partial charge is 0.481 e. The summed E-state index contributed by atoms with van der Waals surface area (Å²) in [6, 6.07) is 0. The zero-order valence-electron chi connectivity index (χ0n) is 11.6. The van der Waals surface area contributed by atoms with Gasteiger partial charge in [-0.15, -0.1) is 0 Å². The summed E-state index contributed by atoms with van der Waals surface area (Å²) in [4.78, 5) is 11.5. The summed E-state index contributed by atoms with van der Waals surface area (Å²) in [5.74, 6) is -0.779. The Bertz CT molecular complexity index is 454. The molecule has 5 heteroatoms. The number of carboxylic acid groups (broad SMARTS) is 1. The quantitative estimate of drug-likeness (QED) is 0.897. The zero-order chi connectivity index (χ0) is 14.1. The van der Waals surface area contributed by atoms with E-state index in [1.54, 1.807) is 11.6 Å². The molecule has 0 aliphatic carbocycles. The fourth-order valence-electron chi connectivity index (χ4n) is 1.89. The second-order valence-corrected chi connectivity index (χ2v) is 5.62. The minimum absolute atomic E-state index is 0.0195. The summed E-state index contributed by atoms with van der Waals surface area (Å²) < 4.78 is 1.70. The van der Waals surface area contributed by atoms with Crippen molar-refractivity contribution < 1.29 is 9.90 Å². The predicted molar refractivity (Wildman–Crippen MR) is 71.9 cm³/mol. The highest BCUT2D eigenvalue weighted by atomic mass is 35.5. The van der Waals surface area contributed by atoms with E-state index in [4.69, 9.17) is 11.6 Å². The monoisotopic (exact) mass is 272 g/mol. The third-order valence-electron chi connectivity index (χ3n) is 3.80. The van der Waals surface area contributed by atoms with Crippen molar-refractivity contribution in [2.75, 3.05) is 0 Å². The fraction of sp³-hybridized carbons (Fsp3) is 0.692. The van der Waals surface area contributed by atoms with Crippen LogP contribution in [0.2, 0.25) is 5.02 Å². The molecular formula is C13H21ClN2O2.